The van der Waals surface area contributed by atoms with E-state index in [1.165, 1.54) is 30.4 Å². The minimum absolute atomic E-state index is 0.0778. The summed E-state index contributed by atoms with van der Waals surface area (Å²) in [6.45, 7) is 3.26. The van der Waals surface area contributed by atoms with Gasteiger partial charge in [0, 0.05) is 40.3 Å². The number of anilines is 3. The van der Waals surface area contributed by atoms with E-state index >= 15 is 0 Å². The number of hydrogen-bond donors (Lipinski definition) is 2. The van der Waals surface area contributed by atoms with Crippen LogP contribution in [0.1, 0.15) is 27.0 Å². The van der Waals surface area contributed by atoms with Crippen LogP contribution in [0.25, 0.3) is 11.3 Å². The lowest BCUT2D eigenvalue weighted by Gasteiger charge is -2.13. The molecule has 4 aromatic rings. The number of carbonyl (C=O) groups is 1. The van der Waals surface area contributed by atoms with Crippen molar-refractivity contribution in [3.63, 3.8) is 0 Å². The predicted molar refractivity (Wildman–Crippen MR) is 124 cm³/mol. The first kappa shape index (κ1) is 22.5. The maximum Gasteiger partial charge on any atom is 0.416 e. The molecule has 2 N–H and O–H groups in total. The minimum atomic E-state index is -4.49. The van der Waals surface area contributed by atoms with E-state index in [2.05, 4.69) is 20.6 Å². The molecular formula is C24H19F3N4OS. The molecular weight excluding hydrogens is 449 g/mol. The van der Waals surface area contributed by atoms with Crippen molar-refractivity contribution in [3.8, 4) is 11.3 Å². The molecule has 2 aromatic heterocycles. The first-order chi connectivity index (χ1) is 15.7. The second-order valence-corrected chi connectivity index (χ2v) is 8.27. The molecule has 0 aliphatic rings. The largest absolute Gasteiger partial charge is 0.416 e. The second-order valence-electron chi connectivity index (χ2n) is 7.42. The van der Waals surface area contributed by atoms with Gasteiger partial charge < -0.3 is 10.6 Å². The molecule has 33 heavy (non-hydrogen) atoms. The fraction of sp³-hybridized carbons (Fsp3) is 0.125. The Bertz CT molecular complexity index is 1300. The van der Waals surface area contributed by atoms with E-state index in [0.717, 1.165) is 22.9 Å². The van der Waals surface area contributed by atoms with Gasteiger partial charge in [0.2, 0.25) is 0 Å². The normalized spacial score (nSPS) is 11.3. The Morgan fingerprint density at radius 3 is 2.55 bits per heavy atom. The van der Waals surface area contributed by atoms with Gasteiger partial charge >= 0.3 is 6.18 Å². The standard InChI is InChI=1S/C24H19F3N4OS/c1-14-6-8-18(11-19(14)24(25,26)27)29-22(32)16-7-5-15(2)20(10-16)30-23-31-21(13-33-23)17-4-3-9-28-12-17/h3-13H,1-2H3,(H,29,32)(H,30,31). The van der Waals surface area contributed by atoms with Gasteiger partial charge in [0.25, 0.3) is 5.91 Å². The maximum absolute atomic E-state index is 13.2. The summed E-state index contributed by atoms with van der Waals surface area (Å²) < 4.78 is 39.5. The fourth-order valence-corrected chi connectivity index (χ4v) is 3.93. The average molecular weight is 469 g/mol. The number of alkyl halides is 3. The van der Waals surface area contributed by atoms with Crippen LogP contribution in [0.15, 0.2) is 66.3 Å². The number of nitrogens with zero attached hydrogens (tertiary/aromatic N) is 2. The van der Waals surface area contributed by atoms with Crippen LogP contribution in [0, 0.1) is 13.8 Å². The van der Waals surface area contributed by atoms with Crippen LogP contribution in [0.4, 0.5) is 29.7 Å². The van der Waals surface area contributed by atoms with Gasteiger partial charge in [0.1, 0.15) is 0 Å². The molecule has 0 unspecified atom stereocenters. The van der Waals surface area contributed by atoms with Gasteiger partial charge in [-0.3, -0.25) is 9.78 Å². The Balaban J connectivity index is 1.53. The molecule has 2 heterocycles. The maximum atomic E-state index is 13.2. The lowest BCUT2D eigenvalue weighted by molar-refractivity contribution is -0.138. The van der Waals surface area contributed by atoms with E-state index < -0.39 is 17.6 Å². The SMILES string of the molecule is Cc1ccc(C(=O)Nc2ccc(C)c(C(F)(F)F)c2)cc1Nc1nc(-c2cccnc2)cs1. The number of carbonyl (C=O) groups excluding carboxylic acids is 1. The molecule has 0 bridgehead atoms. The molecule has 0 radical (unpaired) electrons. The number of hydrogen-bond acceptors (Lipinski definition) is 5. The van der Waals surface area contributed by atoms with Crippen molar-refractivity contribution >= 4 is 33.8 Å². The van der Waals surface area contributed by atoms with E-state index in [0.29, 0.717) is 16.4 Å². The lowest BCUT2D eigenvalue weighted by atomic mass is 10.1. The van der Waals surface area contributed by atoms with E-state index in [4.69, 9.17) is 0 Å². The number of nitrogens with one attached hydrogen (secondary N) is 2. The predicted octanol–water partition coefficient (Wildman–Crippen LogP) is 6.84. The number of aromatic nitrogens is 2. The quantitative estimate of drug-likeness (QED) is 0.337. The summed E-state index contributed by atoms with van der Waals surface area (Å²) in [7, 11) is 0. The van der Waals surface area contributed by atoms with Gasteiger partial charge in [-0.2, -0.15) is 13.2 Å². The van der Waals surface area contributed by atoms with E-state index in [9.17, 15) is 18.0 Å². The summed E-state index contributed by atoms with van der Waals surface area (Å²) in [6, 6.07) is 12.5. The smallest absolute Gasteiger partial charge is 0.331 e. The number of pyridine rings is 1. The minimum Gasteiger partial charge on any atom is -0.331 e. The Morgan fingerprint density at radius 1 is 1.03 bits per heavy atom. The lowest BCUT2D eigenvalue weighted by Crippen LogP contribution is -2.14. The van der Waals surface area contributed by atoms with Crippen molar-refractivity contribution < 1.29 is 18.0 Å². The Morgan fingerprint density at radius 2 is 1.82 bits per heavy atom. The zero-order valence-electron chi connectivity index (χ0n) is 17.7. The first-order valence-corrected chi connectivity index (χ1v) is 10.8. The van der Waals surface area contributed by atoms with Crippen molar-refractivity contribution in [1.29, 1.82) is 0 Å². The molecule has 0 atom stereocenters. The molecule has 0 aliphatic carbocycles. The van der Waals surface area contributed by atoms with Crippen molar-refractivity contribution in [2.45, 2.75) is 20.0 Å². The molecule has 0 saturated heterocycles. The van der Waals surface area contributed by atoms with Crippen LogP contribution >= 0.6 is 11.3 Å². The van der Waals surface area contributed by atoms with Crippen molar-refractivity contribution in [3.05, 3.63) is 88.6 Å². The van der Waals surface area contributed by atoms with Gasteiger partial charge in [-0.1, -0.05) is 12.1 Å². The highest BCUT2D eigenvalue weighted by atomic mass is 32.1. The molecule has 2 aromatic carbocycles. The van der Waals surface area contributed by atoms with Crippen LogP contribution in [0.3, 0.4) is 0 Å². The molecule has 0 fully saturated rings. The highest BCUT2D eigenvalue weighted by Crippen LogP contribution is 2.34. The Labute approximate surface area is 192 Å². The summed E-state index contributed by atoms with van der Waals surface area (Å²) in [6.07, 6.45) is -1.08. The van der Waals surface area contributed by atoms with Crippen LogP contribution in [0.2, 0.25) is 0 Å². The summed E-state index contributed by atoms with van der Waals surface area (Å²) in [5.74, 6) is -0.509. The van der Waals surface area contributed by atoms with E-state index in [-0.39, 0.29) is 11.3 Å². The summed E-state index contributed by atoms with van der Waals surface area (Å²) >= 11 is 1.41. The number of rotatable bonds is 5. The number of aryl methyl sites for hydroxylation is 2. The van der Waals surface area contributed by atoms with Gasteiger partial charge in [-0.15, -0.1) is 11.3 Å². The van der Waals surface area contributed by atoms with Gasteiger partial charge in [-0.05, 0) is 61.4 Å². The van der Waals surface area contributed by atoms with Gasteiger partial charge in [-0.25, -0.2) is 4.98 Å². The summed E-state index contributed by atoms with van der Waals surface area (Å²) in [5.41, 5.74) is 2.94. The number of benzene rings is 2. The third kappa shape index (κ3) is 5.20. The summed E-state index contributed by atoms with van der Waals surface area (Å²) in [4.78, 5) is 21.4. The summed E-state index contributed by atoms with van der Waals surface area (Å²) in [5, 5.41) is 8.31. The molecule has 9 heteroatoms. The Hall–Kier alpha value is -3.72. The molecule has 0 saturated carbocycles. The number of amides is 1. The van der Waals surface area contributed by atoms with Crippen molar-refractivity contribution in [2.24, 2.45) is 0 Å². The first-order valence-electron chi connectivity index (χ1n) is 9.93. The van der Waals surface area contributed by atoms with E-state index in [1.807, 2.05) is 24.4 Å². The number of halogens is 3. The second kappa shape index (κ2) is 9.03. The van der Waals surface area contributed by atoms with Crippen LogP contribution in [0.5, 0.6) is 0 Å². The highest BCUT2D eigenvalue weighted by molar-refractivity contribution is 7.14. The monoisotopic (exact) mass is 468 g/mol. The van der Waals surface area contributed by atoms with Crippen LogP contribution in [-0.2, 0) is 6.18 Å². The highest BCUT2D eigenvalue weighted by Gasteiger charge is 2.32. The van der Waals surface area contributed by atoms with Crippen LogP contribution in [-0.4, -0.2) is 15.9 Å². The average Bonchev–Trinajstić information content (AvgIpc) is 3.25. The third-order valence-corrected chi connectivity index (χ3v) is 5.76. The molecule has 1 amide bonds. The number of thiazole rings is 1. The van der Waals surface area contributed by atoms with Crippen molar-refractivity contribution in [1.82, 2.24) is 9.97 Å². The zero-order chi connectivity index (χ0) is 23.6. The molecule has 0 spiro atoms. The molecule has 4 rings (SSSR count). The van der Waals surface area contributed by atoms with E-state index in [1.54, 1.807) is 30.6 Å². The van der Waals surface area contributed by atoms with Crippen molar-refractivity contribution in [2.75, 3.05) is 10.6 Å². The molecule has 0 aliphatic heterocycles. The zero-order valence-corrected chi connectivity index (χ0v) is 18.5. The topological polar surface area (TPSA) is 66.9 Å². The molecule has 5 nitrogen and oxygen atoms in total. The van der Waals surface area contributed by atoms with Gasteiger partial charge in [0.05, 0.1) is 11.3 Å². The Kier molecular flexibility index (Phi) is 6.15. The molecule has 168 valence electrons. The third-order valence-electron chi connectivity index (χ3n) is 5.00. The van der Waals surface area contributed by atoms with Gasteiger partial charge in [0.15, 0.2) is 5.13 Å². The van der Waals surface area contributed by atoms with Crippen LogP contribution < -0.4 is 10.6 Å². The fourth-order valence-electron chi connectivity index (χ4n) is 3.20.